The Hall–Kier alpha value is -1.58. The predicted octanol–water partition coefficient (Wildman–Crippen LogP) is 4.95. The van der Waals surface area contributed by atoms with Gasteiger partial charge in [0.2, 0.25) is 0 Å². The van der Waals surface area contributed by atoms with Gasteiger partial charge < -0.3 is 9.47 Å². The molecule has 1 rings (SSSR count). The van der Waals surface area contributed by atoms with Gasteiger partial charge in [0.1, 0.15) is 11.6 Å². The van der Waals surface area contributed by atoms with Crippen LogP contribution in [0.2, 0.25) is 0 Å². The quantitative estimate of drug-likeness (QED) is 0.577. The monoisotopic (exact) mass is 324 g/mol. The van der Waals surface area contributed by atoms with Crippen LogP contribution in [0.1, 0.15) is 58.9 Å². The Morgan fingerprint density at radius 3 is 2.17 bits per heavy atom. The van der Waals surface area contributed by atoms with Gasteiger partial charge in [-0.1, -0.05) is 27.7 Å². The first-order chi connectivity index (χ1) is 11.0. The maximum absolute atomic E-state index is 14.2. The average molecular weight is 324 g/mol. The van der Waals surface area contributed by atoms with Crippen molar-refractivity contribution in [3.8, 4) is 11.5 Å². The van der Waals surface area contributed by atoms with Crippen molar-refractivity contribution in [2.24, 2.45) is 5.92 Å². The summed E-state index contributed by atoms with van der Waals surface area (Å²) in [7, 11) is 0. The van der Waals surface area contributed by atoms with Crippen molar-refractivity contribution in [3.05, 3.63) is 23.5 Å². The largest absolute Gasteiger partial charge is 0.490 e. The second-order valence-corrected chi connectivity index (χ2v) is 6.06. The Balaban J connectivity index is 2.80. The van der Waals surface area contributed by atoms with Gasteiger partial charge >= 0.3 is 0 Å². The van der Waals surface area contributed by atoms with E-state index in [4.69, 9.17) is 9.47 Å². The fraction of sp³-hybridized carbons (Fsp3) is 0.632. The van der Waals surface area contributed by atoms with E-state index >= 15 is 0 Å². The number of hydrogen-bond donors (Lipinski definition) is 0. The van der Waals surface area contributed by atoms with Crippen LogP contribution in [0.3, 0.4) is 0 Å². The van der Waals surface area contributed by atoms with Gasteiger partial charge in [0, 0.05) is 18.4 Å². The molecular formula is C19H29FO3. The van der Waals surface area contributed by atoms with Gasteiger partial charge in [-0.05, 0) is 37.3 Å². The molecule has 23 heavy (non-hydrogen) atoms. The lowest BCUT2D eigenvalue weighted by molar-refractivity contribution is -0.121. The van der Waals surface area contributed by atoms with Crippen LogP contribution in [-0.4, -0.2) is 19.0 Å². The maximum atomic E-state index is 14.2. The smallest absolute Gasteiger partial charge is 0.164 e. The number of carbonyl (C=O) groups excluding carboxylic acids is 1. The molecule has 0 spiro atoms. The molecule has 0 amide bonds. The van der Waals surface area contributed by atoms with Gasteiger partial charge in [-0.25, -0.2) is 4.39 Å². The molecule has 0 aliphatic rings. The number of carbonyl (C=O) groups is 1. The van der Waals surface area contributed by atoms with Gasteiger partial charge in [-0.3, -0.25) is 4.79 Å². The van der Waals surface area contributed by atoms with Crippen molar-refractivity contribution in [1.29, 1.82) is 0 Å². The van der Waals surface area contributed by atoms with Gasteiger partial charge in [0.25, 0.3) is 0 Å². The molecule has 1 aromatic carbocycles. The summed E-state index contributed by atoms with van der Waals surface area (Å²) in [6.45, 7) is 8.90. The molecule has 0 bridgehead atoms. The first-order valence-electron chi connectivity index (χ1n) is 8.60. The van der Waals surface area contributed by atoms with E-state index in [0.717, 1.165) is 12.8 Å². The van der Waals surface area contributed by atoms with E-state index in [1.54, 1.807) is 6.07 Å². The number of aryl methyl sites for hydroxylation is 1. The van der Waals surface area contributed by atoms with Gasteiger partial charge in [-0.15, -0.1) is 0 Å². The summed E-state index contributed by atoms with van der Waals surface area (Å²) in [6.07, 6.45) is 3.39. The van der Waals surface area contributed by atoms with Crippen LogP contribution in [-0.2, 0) is 11.2 Å². The molecule has 0 saturated carbocycles. The highest BCUT2D eigenvalue weighted by molar-refractivity contribution is 5.80. The number of ether oxygens (including phenoxy) is 2. The van der Waals surface area contributed by atoms with Crippen molar-refractivity contribution < 1.29 is 18.7 Å². The molecule has 0 aliphatic heterocycles. The summed E-state index contributed by atoms with van der Waals surface area (Å²) in [5.74, 6) is 1.01. The summed E-state index contributed by atoms with van der Waals surface area (Å²) >= 11 is 0. The Kier molecular flexibility index (Phi) is 8.67. The molecule has 0 heterocycles. The zero-order chi connectivity index (χ0) is 17.2. The molecular weight excluding hydrogens is 295 g/mol. The zero-order valence-corrected chi connectivity index (χ0v) is 14.8. The third-order valence-electron chi connectivity index (χ3n) is 3.55. The van der Waals surface area contributed by atoms with E-state index in [9.17, 15) is 9.18 Å². The van der Waals surface area contributed by atoms with Crippen LogP contribution >= 0.6 is 0 Å². The standard InChI is InChI=1S/C19H29FO3/c1-5-10-22-18-12-15(8-7-9-17(21)14(3)4)16(20)13-19(18)23-11-6-2/h12-14H,5-11H2,1-4H3. The summed E-state index contributed by atoms with van der Waals surface area (Å²) in [5, 5.41) is 0. The first-order valence-corrected chi connectivity index (χ1v) is 8.60. The molecule has 3 nitrogen and oxygen atoms in total. The third-order valence-corrected chi connectivity index (χ3v) is 3.55. The minimum Gasteiger partial charge on any atom is -0.490 e. The minimum absolute atomic E-state index is 0.0353. The SMILES string of the molecule is CCCOc1cc(F)c(CCCC(=O)C(C)C)cc1OCCC. The van der Waals surface area contributed by atoms with Crippen molar-refractivity contribution >= 4 is 5.78 Å². The lowest BCUT2D eigenvalue weighted by atomic mass is 10.0. The number of hydrogen-bond acceptors (Lipinski definition) is 3. The number of ketones is 1. The number of halogens is 1. The third kappa shape index (κ3) is 6.59. The molecule has 4 heteroatoms. The minimum atomic E-state index is -0.294. The Morgan fingerprint density at radius 2 is 1.65 bits per heavy atom. The van der Waals surface area contributed by atoms with Crippen LogP contribution < -0.4 is 9.47 Å². The Labute approximate surface area is 139 Å². The van der Waals surface area contributed by atoms with Crippen LogP contribution in [0.15, 0.2) is 12.1 Å². The molecule has 0 aliphatic carbocycles. The molecule has 0 N–H and O–H groups in total. The summed E-state index contributed by atoms with van der Waals surface area (Å²) in [5.41, 5.74) is 0.580. The molecule has 0 saturated heterocycles. The van der Waals surface area contributed by atoms with E-state index in [1.165, 1.54) is 6.07 Å². The summed E-state index contributed by atoms with van der Waals surface area (Å²) in [4.78, 5) is 11.7. The number of rotatable bonds is 11. The van der Waals surface area contributed by atoms with Gasteiger partial charge in [-0.2, -0.15) is 0 Å². The molecule has 130 valence electrons. The van der Waals surface area contributed by atoms with Gasteiger partial charge in [0.05, 0.1) is 13.2 Å². The molecule has 1 aromatic rings. The second-order valence-electron chi connectivity index (χ2n) is 6.06. The lowest BCUT2D eigenvalue weighted by Crippen LogP contribution is -2.07. The Morgan fingerprint density at radius 1 is 1.09 bits per heavy atom. The van der Waals surface area contributed by atoms with Crippen LogP contribution in [0.25, 0.3) is 0 Å². The fourth-order valence-corrected chi connectivity index (χ4v) is 2.16. The highest BCUT2D eigenvalue weighted by Gasteiger charge is 2.13. The number of Topliss-reactive ketones (excluding diaryl/α,β-unsaturated/α-hetero) is 1. The van der Waals surface area contributed by atoms with Crippen LogP contribution in [0.5, 0.6) is 11.5 Å². The highest BCUT2D eigenvalue weighted by Crippen LogP contribution is 2.31. The first kappa shape index (κ1) is 19.5. The number of benzene rings is 1. The normalized spacial score (nSPS) is 10.9. The van der Waals surface area contributed by atoms with Crippen LogP contribution in [0.4, 0.5) is 4.39 Å². The van der Waals surface area contributed by atoms with Gasteiger partial charge in [0.15, 0.2) is 11.5 Å². The second kappa shape index (κ2) is 10.2. The highest BCUT2D eigenvalue weighted by atomic mass is 19.1. The molecule has 0 atom stereocenters. The average Bonchev–Trinajstić information content (AvgIpc) is 2.52. The topological polar surface area (TPSA) is 35.5 Å². The van der Waals surface area contributed by atoms with Crippen molar-refractivity contribution in [2.45, 2.75) is 59.8 Å². The molecule has 0 unspecified atom stereocenters. The lowest BCUT2D eigenvalue weighted by Gasteiger charge is -2.14. The van der Waals surface area contributed by atoms with E-state index < -0.39 is 0 Å². The molecule has 0 aromatic heterocycles. The fourth-order valence-electron chi connectivity index (χ4n) is 2.16. The zero-order valence-electron chi connectivity index (χ0n) is 14.8. The van der Waals surface area contributed by atoms with E-state index in [0.29, 0.717) is 49.5 Å². The van der Waals surface area contributed by atoms with E-state index in [2.05, 4.69) is 0 Å². The summed E-state index contributed by atoms with van der Waals surface area (Å²) < 4.78 is 25.5. The van der Waals surface area contributed by atoms with E-state index in [-0.39, 0.29) is 17.5 Å². The van der Waals surface area contributed by atoms with Crippen molar-refractivity contribution in [3.63, 3.8) is 0 Å². The Bertz CT molecular complexity index is 498. The molecule has 0 fully saturated rings. The van der Waals surface area contributed by atoms with E-state index in [1.807, 2.05) is 27.7 Å². The summed E-state index contributed by atoms with van der Waals surface area (Å²) in [6, 6.07) is 3.12. The molecule has 0 radical (unpaired) electrons. The predicted molar refractivity (Wildman–Crippen MR) is 90.8 cm³/mol. The van der Waals surface area contributed by atoms with Crippen LogP contribution in [0, 0.1) is 11.7 Å². The maximum Gasteiger partial charge on any atom is 0.164 e. The van der Waals surface area contributed by atoms with Crippen molar-refractivity contribution in [1.82, 2.24) is 0 Å². The van der Waals surface area contributed by atoms with Crippen molar-refractivity contribution in [2.75, 3.05) is 13.2 Å².